The topological polar surface area (TPSA) is 15.3 Å². The fraction of sp³-hybridized carbons (Fsp3) is 0.571. The highest BCUT2D eigenvalue weighted by Crippen LogP contribution is 2.31. The van der Waals surface area contributed by atoms with E-state index in [1.807, 2.05) is 0 Å². The van der Waals surface area contributed by atoms with Crippen LogP contribution in [0.3, 0.4) is 0 Å². The van der Waals surface area contributed by atoms with Gasteiger partial charge in [-0.25, -0.2) is 0 Å². The molecule has 0 spiro atoms. The molecule has 1 aliphatic heterocycles. The van der Waals surface area contributed by atoms with Crippen LogP contribution in [0, 0.1) is 0 Å². The van der Waals surface area contributed by atoms with Gasteiger partial charge in [-0.3, -0.25) is 4.90 Å². The average Bonchev–Trinajstić information content (AvgIpc) is 2.77. The van der Waals surface area contributed by atoms with Gasteiger partial charge in [0.1, 0.15) is 0 Å². The summed E-state index contributed by atoms with van der Waals surface area (Å²) in [7, 11) is 0. The fourth-order valence-electron chi connectivity index (χ4n) is 2.40. The van der Waals surface area contributed by atoms with Crippen LogP contribution < -0.4 is 5.32 Å². The third kappa shape index (κ3) is 3.62. The minimum absolute atomic E-state index is 0.228. The van der Waals surface area contributed by atoms with Gasteiger partial charge < -0.3 is 5.32 Å². The summed E-state index contributed by atoms with van der Waals surface area (Å²) < 4.78 is 37.8. The number of anilines is 1. The van der Waals surface area contributed by atoms with Gasteiger partial charge in [-0.1, -0.05) is 6.07 Å². The van der Waals surface area contributed by atoms with E-state index in [9.17, 15) is 13.2 Å². The largest absolute Gasteiger partial charge is 0.416 e. The number of benzene rings is 1. The van der Waals surface area contributed by atoms with Gasteiger partial charge in [0.15, 0.2) is 0 Å². The lowest BCUT2D eigenvalue weighted by Gasteiger charge is -2.21. The van der Waals surface area contributed by atoms with Crippen LogP contribution in [0.5, 0.6) is 0 Å². The van der Waals surface area contributed by atoms with Crippen molar-refractivity contribution in [3.05, 3.63) is 29.8 Å². The Morgan fingerprint density at radius 1 is 1.32 bits per heavy atom. The lowest BCUT2D eigenvalue weighted by Crippen LogP contribution is -2.31. The van der Waals surface area contributed by atoms with E-state index < -0.39 is 11.7 Å². The van der Waals surface area contributed by atoms with Gasteiger partial charge in [-0.15, -0.1) is 0 Å². The molecule has 0 saturated carbocycles. The zero-order valence-corrected chi connectivity index (χ0v) is 11.2. The lowest BCUT2D eigenvalue weighted by atomic mass is 10.1. The van der Waals surface area contributed by atoms with E-state index in [-0.39, 0.29) is 6.04 Å². The summed E-state index contributed by atoms with van der Waals surface area (Å²) in [5.41, 5.74) is -0.0540. The summed E-state index contributed by atoms with van der Waals surface area (Å²) in [4.78, 5) is 2.32. The second kappa shape index (κ2) is 5.41. The molecular formula is C14H19F3N2. The van der Waals surface area contributed by atoms with Crippen LogP contribution in [0.25, 0.3) is 0 Å². The number of nitrogens with one attached hydrogen (secondary N) is 1. The van der Waals surface area contributed by atoms with E-state index in [4.69, 9.17) is 0 Å². The van der Waals surface area contributed by atoms with Crippen molar-refractivity contribution in [1.29, 1.82) is 0 Å². The molecule has 0 aliphatic carbocycles. The molecule has 1 N–H and O–H groups in total. The Hall–Kier alpha value is -1.23. The van der Waals surface area contributed by atoms with Gasteiger partial charge >= 0.3 is 6.18 Å². The number of hydrogen-bond acceptors (Lipinski definition) is 2. The molecule has 1 aromatic rings. The molecule has 19 heavy (non-hydrogen) atoms. The molecule has 1 unspecified atom stereocenters. The molecule has 1 atom stereocenters. The van der Waals surface area contributed by atoms with Crippen molar-refractivity contribution >= 4 is 5.69 Å². The highest BCUT2D eigenvalue weighted by Gasteiger charge is 2.31. The lowest BCUT2D eigenvalue weighted by molar-refractivity contribution is -0.137. The minimum Gasteiger partial charge on any atom is -0.381 e. The van der Waals surface area contributed by atoms with Gasteiger partial charge in [0, 0.05) is 30.9 Å². The number of halogens is 3. The van der Waals surface area contributed by atoms with Crippen LogP contribution in [0.4, 0.5) is 18.9 Å². The molecule has 5 heteroatoms. The Morgan fingerprint density at radius 3 is 2.63 bits per heavy atom. The van der Waals surface area contributed by atoms with Gasteiger partial charge in [0.25, 0.3) is 0 Å². The van der Waals surface area contributed by atoms with E-state index in [2.05, 4.69) is 24.1 Å². The van der Waals surface area contributed by atoms with E-state index in [0.29, 0.717) is 11.7 Å². The van der Waals surface area contributed by atoms with Crippen molar-refractivity contribution in [2.75, 3.05) is 18.4 Å². The summed E-state index contributed by atoms with van der Waals surface area (Å²) in [5.74, 6) is 0. The number of nitrogens with zero attached hydrogens (tertiary/aromatic N) is 1. The van der Waals surface area contributed by atoms with E-state index in [1.165, 1.54) is 12.1 Å². The molecule has 1 saturated heterocycles. The number of alkyl halides is 3. The van der Waals surface area contributed by atoms with E-state index in [0.717, 1.165) is 25.6 Å². The maximum absolute atomic E-state index is 12.6. The van der Waals surface area contributed by atoms with Crippen molar-refractivity contribution in [2.24, 2.45) is 0 Å². The summed E-state index contributed by atoms with van der Waals surface area (Å²) in [6, 6.07) is 6.12. The van der Waals surface area contributed by atoms with Crippen molar-refractivity contribution in [1.82, 2.24) is 4.90 Å². The summed E-state index contributed by atoms with van der Waals surface area (Å²) in [6.45, 7) is 6.14. The molecule has 2 nitrogen and oxygen atoms in total. The fourth-order valence-corrected chi connectivity index (χ4v) is 2.40. The Morgan fingerprint density at radius 2 is 2.05 bits per heavy atom. The molecule has 0 bridgehead atoms. The third-order valence-corrected chi connectivity index (χ3v) is 3.51. The normalized spacial score (nSPS) is 21.1. The molecule has 0 amide bonds. The SMILES string of the molecule is CC(C)N1CCC(Nc2cccc(C(F)(F)F)c2)C1. The van der Waals surface area contributed by atoms with Crippen molar-refractivity contribution in [3.63, 3.8) is 0 Å². The summed E-state index contributed by atoms with van der Waals surface area (Å²) >= 11 is 0. The summed E-state index contributed by atoms with van der Waals surface area (Å²) in [5, 5.41) is 3.20. The maximum Gasteiger partial charge on any atom is 0.416 e. The van der Waals surface area contributed by atoms with Crippen molar-refractivity contribution in [3.8, 4) is 0 Å². The Kier molecular flexibility index (Phi) is 4.04. The second-order valence-corrected chi connectivity index (χ2v) is 5.30. The minimum atomic E-state index is -4.28. The van der Waals surface area contributed by atoms with Gasteiger partial charge in [-0.05, 0) is 38.5 Å². The zero-order valence-electron chi connectivity index (χ0n) is 11.2. The van der Waals surface area contributed by atoms with Crippen LogP contribution >= 0.6 is 0 Å². The highest BCUT2D eigenvalue weighted by atomic mass is 19.4. The van der Waals surface area contributed by atoms with Crippen LogP contribution in [0.15, 0.2) is 24.3 Å². The Labute approximate surface area is 111 Å². The van der Waals surface area contributed by atoms with Crippen LogP contribution in [0.1, 0.15) is 25.8 Å². The first kappa shape index (κ1) is 14.2. The van der Waals surface area contributed by atoms with Crippen molar-refractivity contribution in [2.45, 2.75) is 38.5 Å². The first-order chi connectivity index (χ1) is 8.86. The van der Waals surface area contributed by atoms with Gasteiger partial charge in [0.2, 0.25) is 0 Å². The third-order valence-electron chi connectivity index (χ3n) is 3.51. The summed E-state index contributed by atoms with van der Waals surface area (Å²) in [6.07, 6.45) is -3.31. The predicted molar refractivity (Wildman–Crippen MR) is 70.2 cm³/mol. The molecule has 1 heterocycles. The first-order valence-electron chi connectivity index (χ1n) is 6.54. The highest BCUT2D eigenvalue weighted by molar-refractivity contribution is 5.47. The maximum atomic E-state index is 12.6. The first-order valence-corrected chi connectivity index (χ1v) is 6.54. The molecule has 1 aliphatic rings. The van der Waals surface area contributed by atoms with Crippen LogP contribution in [-0.2, 0) is 6.18 Å². The molecule has 0 aromatic heterocycles. The molecule has 1 aromatic carbocycles. The number of likely N-dealkylation sites (tertiary alicyclic amines) is 1. The Balaban J connectivity index is 2.01. The molecule has 106 valence electrons. The van der Waals surface area contributed by atoms with Gasteiger partial charge in [-0.2, -0.15) is 13.2 Å². The standard InChI is InChI=1S/C14H19F3N2/c1-10(2)19-7-6-13(9-19)18-12-5-3-4-11(8-12)14(15,16)17/h3-5,8,10,13,18H,6-7,9H2,1-2H3. The van der Waals surface area contributed by atoms with Crippen LogP contribution in [0.2, 0.25) is 0 Å². The molecule has 2 rings (SSSR count). The average molecular weight is 272 g/mol. The predicted octanol–water partition coefficient (Wildman–Crippen LogP) is 3.60. The zero-order chi connectivity index (χ0) is 14.0. The van der Waals surface area contributed by atoms with E-state index >= 15 is 0 Å². The van der Waals surface area contributed by atoms with Crippen molar-refractivity contribution < 1.29 is 13.2 Å². The number of rotatable bonds is 3. The molecule has 1 fully saturated rings. The van der Waals surface area contributed by atoms with Crippen LogP contribution in [-0.4, -0.2) is 30.1 Å². The Bertz CT molecular complexity index is 429. The molecular weight excluding hydrogens is 253 g/mol. The van der Waals surface area contributed by atoms with E-state index in [1.54, 1.807) is 6.07 Å². The quantitative estimate of drug-likeness (QED) is 0.904. The smallest absolute Gasteiger partial charge is 0.381 e. The monoisotopic (exact) mass is 272 g/mol. The second-order valence-electron chi connectivity index (χ2n) is 5.30. The number of hydrogen-bond donors (Lipinski definition) is 1. The van der Waals surface area contributed by atoms with Gasteiger partial charge in [0.05, 0.1) is 5.56 Å². The molecule has 0 radical (unpaired) electrons.